The predicted octanol–water partition coefficient (Wildman–Crippen LogP) is 2.83. The van der Waals surface area contributed by atoms with Gasteiger partial charge >= 0.3 is 5.97 Å². The Balaban J connectivity index is 1.74. The maximum atomic E-state index is 13.7. The normalized spacial score (nSPS) is 20.2. The largest absolute Gasteiger partial charge is 0.466 e. The van der Waals surface area contributed by atoms with Gasteiger partial charge in [0.25, 0.3) is 5.91 Å². The first-order valence-corrected chi connectivity index (χ1v) is 8.27. The van der Waals surface area contributed by atoms with Gasteiger partial charge in [-0.2, -0.15) is 0 Å². The summed E-state index contributed by atoms with van der Waals surface area (Å²) in [5, 5.41) is 2.87. The molecule has 1 aliphatic rings. The van der Waals surface area contributed by atoms with Gasteiger partial charge in [-0.05, 0) is 50.5 Å². The third kappa shape index (κ3) is 3.33. The average Bonchev–Trinajstić information content (AvgIpc) is 3.12. The number of imidazole rings is 1. The quantitative estimate of drug-likeness (QED) is 0.584. The number of rotatable bonds is 4. The summed E-state index contributed by atoms with van der Waals surface area (Å²) in [6.07, 6.45) is 1.90. The van der Waals surface area contributed by atoms with Gasteiger partial charge in [0, 0.05) is 6.04 Å². The molecule has 0 aliphatic heterocycles. The molecule has 3 rings (SSSR count). The number of esters is 1. The molecular formula is C16H18FN3O3S. The van der Waals surface area contributed by atoms with Crippen molar-refractivity contribution >= 4 is 35.1 Å². The topological polar surface area (TPSA) is 87.0 Å². The molecule has 1 fully saturated rings. The van der Waals surface area contributed by atoms with E-state index in [-0.39, 0.29) is 29.4 Å². The number of aromatic amines is 2. The summed E-state index contributed by atoms with van der Waals surface area (Å²) < 4.78 is 19.1. The summed E-state index contributed by atoms with van der Waals surface area (Å²) in [5.41, 5.74) is 1.11. The van der Waals surface area contributed by atoms with Crippen LogP contribution in [0.5, 0.6) is 0 Å². The van der Waals surface area contributed by atoms with Crippen LogP contribution in [0.2, 0.25) is 0 Å². The molecule has 1 saturated carbocycles. The highest BCUT2D eigenvalue weighted by Crippen LogP contribution is 2.27. The molecule has 128 valence electrons. The molecule has 0 radical (unpaired) electrons. The lowest BCUT2D eigenvalue weighted by Gasteiger charge is -2.13. The fraction of sp³-hybridized carbons (Fsp3) is 0.438. The fourth-order valence-electron chi connectivity index (χ4n) is 3.14. The highest BCUT2D eigenvalue weighted by molar-refractivity contribution is 7.71. The second-order valence-electron chi connectivity index (χ2n) is 5.89. The molecule has 2 aromatic rings. The van der Waals surface area contributed by atoms with Crippen molar-refractivity contribution < 1.29 is 18.7 Å². The van der Waals surface area contributed by atoms with Crippen LogP contribution in [0, 0.1) is 16.5 Å². The van der Waals surface area contributed by atoms with Crippen LogP contribution in [0.25, 0.3) is 11.0 Å². The van der Waals surface area contributed by atoms with Crippen LogP contribution in [0.3, 0.4) is 0 Å². The number of benzene rings is 1. The average molecular weight is 351 g/mol. The molecule has 1 aromatic carbocycles. The Morgan fingerprint density at radius 2 is 2.17 bits per heavy atom. The van der Waals surface area contributed by atoms with E-state index in [4.69, 9.17) is 17.0 Å². The Morgan fingerprint density at radius 1 is 1.38 bits per heavy atom. The maximum absolute atomic E-state index is 13.7. The number of hydrogen-bond acceptors (Lipinski definition) is 4. The van der Waals surface area contributed by atoms with Crippen LogP contribution in [0.4, 0.5) is 4.39 Å². The third-order valence-electron chi connectivity index (χ3n) is 4.22. The lowest BCUT2D eigenvalue weighted by atomic mass is 10.1. The molecule has 1 heterocycles. The van der Waals surface area contributed by atoms with E-state index >= 15 is 0 Å². The van der Waals surface area contributed by atoms with Gasteiger partial charge < -0.3 is 20.0 Å². The molecule has 0 unspecified atom stereocenters. The summed E-state index contributed by atoms with van der Waals surface area (Å²) in [4.78, 5) is 29.9. The minimum Gasteiger partial charge on any atom is -0.466 e. The van der Waals surface area contributed by atoms with Gasteiger partial charge in [0.1, 0.15) is 5.82 Å². The summed E-state index contributed by atoms with van der Waals surface area (Å²) in [7, 11) is 0. The highest BCUT2D eigenvalue weighted by Gasteiger charge is 2.32. The Labute approximate surface area is 142 Å². The molecule has 24 heavy (non-hydrogen) atoms. The van der Waals surface area contributed by atoms with E-state index < -0.39 is 5.82 Å². The molecule has 0 bridgehead atoms. The predicted molar refractivity (Wildman–Crippen MR) is 88.7 cm³/mol. The van der Waals surface area contributed by atoms with Crippen LogP contribution < -0.4 is 5.32 Å². The molecule has 1 amide bonds. The van der Waals surface area contributed by atoms with Gasteiger partial charge in [0.15, 0.2) is 4.77 Å². The lowest BCUT2D eigenvalue weighted by molar-refractivity contribution is -0.147. The summed E-state index contributed by atoms with van der Waals surface area (Å²) >= 11 is 5.00. The monoisotopic (exact) mass is 351 g/mol. The van der Waals surface area contributed by atoms with Crippen LogP contribution in [0.15, 0.2) is 12.1 Å². The number of H-pyrrole nitrogens is 2. The maximum Gasteiger partial charge on any atom is 0.308 e. The highest BCUT2D eigenvalue weighted by atomic mass is 32.1. The van der Waals surface area contributed by atoms with Gasteiger partial charge in [0.2, 0.25) is 0 Å². The van der Waals surface area contributed by atoms with Gasteiger partial charge in [-0.1, -0.05) is 0 Å². The van der Waals surface area contributed by atoms with Crippen molar-refractivity contribution in [3.63, 3.8) is 0 Å². The molecule has 1 aromatic heterocycles. The van der Waals surface area contributed by atoms with E-state index in [9.17, 15) is 14.0 Å². The molecule has 8 heteroatoms. The van der Waals surface area contributed by atoms with Crippen molar-refractivity contribution in [1.82, 2.24) is 15.3 Å². The summed E-state index contributed by atoms with van der Waals surface area (Å²) in [6.45, 7) is 2.11. The molecule has 1 aliphatic carbocycles. The van der Waals surface area contributed by atoms with Gasteiger partial charge in [-0.3, -0.25) is 9.59 Å². The Kier molecular flexibility index (Phi) is 4.66. The number of amides is 1. The van der Waals surface area contributed by atoms with Crippen molar-refractivity contribution in [1.29, 1.82) is 0 Å². The fourth-order valence-corrected chi connectivity index (χ4v) is 3.35. The number of aromatic nitrogens is 2. The first kappa shape index (κ1) is 16.6. The Bertz CT molecular complexity index is 845. The van der Waals surface area contributed by atoms with Gasteiger partial charge in [-0.15, -0.1) is 0 Å². The smallest absolute Gasteiger partial charge is 0.308 e. The van der Waals surface area contributed by atoms with Crippen LogP contribution >= 0.6 is 12.2 Å². The van der Waals surface area contributed by atoms with Crippen molar-refractivity contribution in [3.05, 3.63) is 28.3 Å². The van der Waals surface area contributed by atoms with Gasteiger partial charge in [0.05, 0.1) is 29.1 Å². The number of carbonyl (C=O) groups is 2. The van der Waals surface area contributed by atoms with Crippen molar-refractivity contribution in [2.45, 2.75) is 32.2 Å². The van der Waals surface area contributed by atoms with E-state index in [1.165, 1.54) is 12.1 Å². The van der Waals surface area contributed by atoms with E-state index in [0.29, 0.717) is 41.7 Å². The van der Waals surface area contributed by atoms with E-state index in [2.05, 4.69) is 15.3 Å². The number of nitrogens with one attached hydrogen (secondary N) is 3. The zero-order chi connectivity index (χ0) is 17.3. The van der Waals surface area contributed by atoms with Crippen molar-refractivity contribution in [2.24, 2.45) is 5.92 Å². The molecule has 0 saturated heterocycles. The van der Waals surface area contributed by atoms with E-state index in [1.54, 1.807) is 6.92 Å². The molecule has 3 N–H and O–H groups in total. The molecule has 6 nitrogen and oxygen atoms in total. The molecule has 2 atom stereocenters. The van der Waals surface area contributed by atoms with Crippen LogP contribution in [0.1, 0.15) is 36.5 Å². The number of halogens is 1. The number of ether oxygens (including phenoxy) is 1. The first-order valence-electron chi connectivity index (χ1n) is 7.87. The zero-order valence-corrected chi connectivity index (χ0v) is 14.0. The number of fused-ring (bicyclic) bond motifs is 1. The van der Waals surface area contributed by atoms with Crippen molar-refractivity contribution in [2.75, 3.05) is 6.61 Å². The second kappa shape index (κ2) is 6.72. The van der Waals surface area contributed by atoms with E-state index in [0.717, 1.165) is 0 Å². The molecular weight excluding hydrogens is 333 g/mol. The number of hydrogen-bond donors (Lipinski definition) is 3. The molecule has 0 spiro atoms. The van der Waals surface area contributed by atoms with Crippen LogP contribution in [-0.2, 0) is 9.53 Å². The third-order valence-corrected chi connectivity index (χ3v) is 4.43. The van der Waals surface area contributed by atoms with Crippen LogP contribution in [-0.4, -0.2) is 34.5 Å². The van der Waals surface area contributed by atoms with E-state index in [1.807, 2.05) is 0 Å². The Morgan fingerprint density at radius 3 is 2.92 bits per heavy atom. The second-order valence-corrected chi connectivity index (χ2v) is 6.30. The first-order chi connectivity index (χ1) is 11.5. The summed E-state index contributed by atoms with van der Waals surface area (Å²) in [6, 6.07) is 2.33. The number of carbonyl (C=O) groups excluding carboxylic acids is 2. The summed E-state index contributed by atoms with van der Waals surface area (Å²) in [5.74, 6) is -1.33. The van der Waals surface area contributed by atoms with Gasteiger partial charge in [-0.25, -0.2) is 4.39 Å². The lowest BCUT2D eigenvalue weighted by Crippen LogP contribution is -2.33. The van der Waals surface area contributed by atoms with Crippen molar-refractivity contribution in [3.8, 4) is 0 Å². The Hall–Kier alpha value is -2.22. The zero-order valence-electron chi connectivity index (χ0n) is 13.1. The minimum absolute atomic E-state index is 0.132. The standard InChI is InChI=1S/C16H18FN3O3S/c1-2-23-15(22)8-3-4-10(5-8)18-14(21)11-6-9(17)7-12-13(11)20-16(24)19-12/h6-8,10H,2-5H2,1H3,(H,18,21)(H2,19,20,24)/t8-,10+/m1/s1. The SMILES string of the molecule is CCOC(=O)[C@@H]1CC[C@H](NC(=O)c2cc(F)cc3[nH]c(=S)[nH]c23)C1. The minimum atomic E-state index is -0.520.